The van der Waals surface area contributed by atoms with Crippen LogP contribution in [-0.2, 0) is 24.2 Å². The van der Waals surface area contributed by atoms with Crippen molar-refractivity contribution in [3.8, 4) is 0 Å². The summed E-state index contributed by atoms with van der Waals surface area (Å²) in [6.07, 6.45) is 0.908. The van der Waals surface area contributed by atoms with Crippen LogP contribution in [0, 0.1) is 0 Å². The topological polar surface area (TPSA) is 59.4 Å². The first-order valence-electron chi connectivity index (χ1n) is 8.53. The van der Waals surface area contributed by atoms with Crippen LogP contribution in [0.3, 0.4) is 0 Å². The summed E-state index contributed by atoms with van der Waals surface area (Å²) < 4.78 is 7.36. The third-order valence-corrected chi connectivity index (χ3v) is 4.68. The average Bonchev–Trinajstić information content (AvgIpc) is 3.01. The zero-order valence-electron chi connectivity index (χ0n) is 13.7. The van der Waals surface area contributed by atoms with Crippen molar-refractivity contribution in [2.24, 2.45) is 0 Å². The molecule has 2 aromatic rings. The third-order valence-electron chi connectivity index (χ3n) is 4.68. The Balaban J connectivity index is 1.65. The number of morpholine rings is 1. The van der Waals surface area contributed by atoms with Crippen LogP contribution in [-0.4, -0.2) is 53.4 Å². The van der Waals surface area contributed by atoms with Gasteiger partial charge in [0.2, 0.25) is 0 Å². The monoisotopic (exact) mass is 326 g/mol. The molecule has 2 aliphatic heterocycles. The highest BCUT2D eigenvalue weighted by Crippen LogP contribution is 2.21. The molecule has 0 spiro atoms. The van der Waals surface area contributed by atoms with Gasteiger partial charge in [-0.1, -0.05) is 30.3 Å². The number of hydrogen-bond donors (Lipinski definition) is 1. The van der Waals surface area contributed by atoms with Gasteiger partial charge in [0.1, 0.15) is 0 Å². The maximum atomic E-state index is 12.9. The van der Waals surface area contributed by atoms with E-state index in [9.17, 15) is 4.79 Å². The predicted octanol–water partition coefficient (Wildman–Crippen LogP) is 1.05. The number of carbonyl (C=O) groups excluding carboxylic acids is 1. The van der Waals surface area contributed by atoms with Gasteiger partial charge in [0.15, 0.2) is 5.69 Å². The summed E-state index contributed by atoms with van der Waals surface area (Å²) in [5.41, 5.74) is 4.06. The molecule has 1 saturated heterocycles. The fourth-order valence-corrected chi connectivity index (χ4v) is 3.39. The smallest absolute Gasteiger partial charge is 0.274 e. The van der Waals surface area contributed by atoms with Crippen LogP contribution in [0.2, 0.25) is 0 Å². The summed E-state index contributed by atoms with van der Waals surface area (Å²) in [5, 5.41) is 8.07. The fraction of sp³-hybridized carbons (Fsp3) is 0.444. The molecule has 1 aromatic carbocycles. The van der Waals surface area contributed by atoms with Crippen LogP contribution in [0.15, 0.2) is 30.3 Å². The van der Waals surface area contributed by atoms with E-state index in [0.717, 1.165) is 25.1 Å². The minimum atomic E-state index is 0.0325. The van der Waals surface area contributed by atoms with Gasteiger partial charge in [0.05, 0.1) is 19.8 Å². The van der Waals surface area contributed by atoms with Gasteiger partial charge in [-0.3, -0.25) is 9.48 Å². The Labute approximate surface area is 141 Å². The van der Waals surface area contributed by atoms with Gasteiger partial charge in [-0.15, -0.1) is 0 Å². The van der Waals surface area contributed by atoms with Gasteiger partial charge in [-0.2, -0.15) is 5.10 Å². The first-order valence-corrected chi connectivity index (χ1v) is 8.53. The lowest BCUT2D eigenvalue weighted by Crippen LogP contribution is -2.41. The highest BCUT2D eigenvalue weighted by atomic mass is 16.5. The Morgan fingerprint density at radius 1 is 1.21 bits per heavy atom. The summed E-state index contributed by atoms with van der Waals surface area (Å²) >= 11 is 0. The second-order valence-electron chi connectivity index (χ2n) is 6.25. The molecule has 0 aliphatic carbocycles. The molecular formula is C18H22N4O2. The number of fused-ring (bicyclic) bond motifs is 1. The number of ether oxygens (including phenoxy) is 1. The van der Waals surface area contributed by atoms with E-state index in [-0.39, 0.29) is 5.91 Å². The first-order chi connectivity index (χ1) is 11.8. The summed E-state index contributed by atoms with van der Waals surface area (Å²) in [6, 6.07) is 10.3. The molecule has 0 radical (unpaired) electrons. The Bertz CT molecular complexity index is 720. The number of nitrogens with one attached hydrogen (secondary N) is 1. The van der Waals surface area contributed by atoms with Gasteiger partial charge in [0, 0.05) is 43.9 Å². The van der Waals surface area contributed by atoms with E-state index in [0.29, 0.717) is 38.5 Å². The molecule has 0 unspecified atom stereocenters. The maximum absolute atomic E-state index is 12.9. The molecule has 3 heterocycles. The fourth-order valence-electron chi connectivity index (χ4n) is 3.39. The molecule has 1 N–H and O–H groups in total. The molecule has 6 nitrogen and oxygen atoms in total. The molecular weight excluding hydrogens is 304 g/mol. The molecule has 0 saturated carbocycles. The van der Waals surface area contributed by atoms with Crippen molar-refractivity contribution in [1.82, 2.24) is 20.0 Å². The number of carbonyl (C=O) groups is 1. The van der Waals surface area contributed by atoms with E-state index in [1.165, 1.54) is 11.3 Å². The van der Waals surface area contributed by atoms with E-state index < -0.39 is 0 Å². The first kappa shape index (κ1) is 15.4. The van der Waals surface area contributed by atoms with E-state index in [2.05, 4.69) is 17.4 Å². The summed E-state index contributed by atoms with van der Waals surface area (Å²) in [7, 11) is 0. The number of rotatable bonds is 3. The van der Waals surface area contributed by atoms with E-state index in [1.54, 1.807) is 0 Å². The van der Waals surface area contributed by atoms with E-state index in [4.69, 9.17) is 9.84 Å². The normalized spacial score (nSPS) is 17.6. The standard InChI is InChI=1S/C18H22N4O2/c23-18(21-8-10-24-11-9-21)17-15-12-19-7-6-16(15)22(20-17)13-14-4-2-1-3-5-14/h1-5,19H,6-13H2. The molecule has 1 aromatic heterocycles. The average molecular weight is 326 g/mol. The minimum Gasteiger partial charge on any atom is -0.378 e. The van der Waals surface area contributed by atoms with Crippen LogP contribution in [0.5, 0.6) is 0 Å². The second kappa shape index (κ2) is 6.75. The summed E-state index contributed by atoms with van der Waals surface area (Å²) in [4.78, 5) is 14.8. The van der Waals surface area contributed by atoms with Crippen molar-refractivity contribution in [2.45, 2.75) is 19.5 Å². The van der Waals surface area contributed by atoms with Crippen molar-refractivity contribution in [3.63, 3.8) is 0 Å². The van der Waals surface area contributed by atoms with Crippen molar-refractivity contribution >= 4 is 5.91 Å². The molecule has 126 valence electrons. The highest BCUT2D eigenvalue weighted by Gasteiger charge is 2.28. The van der Waals surface area contributed by atoms with Crippen molar-refractivity contribution in [2.75, 3.05) is 32.8 Å². The molecule has 1 amide bonds. The minimum absolute atomic E-state index is 0.0325. The van der Waals surface area contributed by atoms with Crippen LogP contribution >= 0.6 is 0 Å². The molecule has 0 atom stereocenters. The third kappa shape index (κ3) is 2.95. The van der Waals surface area contributed by atoms with Crippen molar-refractivity contribution < 1.29 is 9.53 Å². The van der Waals surface area contributed by atoms with Gasteiger partial charge >= 0.3 is 0 Å². The second-order valence-corrected chi connectivity index (χ2v) is 6.25. The Hall–Kier alpha value is -2.18. The Morgan fingerprint density at radius 2 is 2.00 bits per heavy atom. The SMILES string of the molecule is O=C(c1nn(Cc2ccccc2)c2c1CNCC2)N1CCOCC1. The number of hydrogen-bond acceptors (Lipinski definition) is 4. The largest absolute Gasteiger partial charge is 0.378 e. The van der Waals surface area contributed by atoms with Gasteiger partial charge in [-0.05, 0) is 5.56 Å². The molecule has 1 fully saturated rings. The maximum Gasteiger partial charge on any atom is 0.274 e. The highest BCUT2D eigenvalue weighted by molar-refractivity contribution is 5.94. The van der Waals surface area contributed by atoms with Crippen molar-refractivity contribution in [3.05, 3.63) is 52.8 Å². The summed E-state index contributed by atoms with van der Waals surface area (Å²) in [5.74, 6) is 0.0325. The van der Waals surface area contributed by atoms with Gasteiger partial charge in [0.25, 0.3) is 5.91 Å². The van der Waals surface area contributed by atoms with E-state index in [1.807, 2.05) is 27.8 Å². The van der Waals surface area contributed by atoms with Gasteiger partial charge < -0.3 is 15.0 Å². The molecule has 0 bridgehead atoms. The number of aromatic nitrogens is 2. The Kier molecular flexibility index (Phi) is 4.32. The predicted molar refractivity (Wildman–Crippen MR) is 89.9 cm³/mol. The van der Waals surface area contributed by atoms with Crippen LogP contribution in [0.25, 0.3) is 0 Å². The molecule has 2 aliphatic rings. The lowest BCUT2D eigenvalue weighted by Gasteiger charge is -2.26. The number of nitrogens with zero attached hydrogens (tertiary/aromatic N) is 3. The van der Waals surface area contributed by atoms with Gasteiger partial charge in [-0.25, -0.2) is 0 Å². The molecule has 4 rings (SSSR count). The zero-order valence-corrected chi connectivity index (χ0v) is 13.7. The van der Waals surface area contributed by atoms with Crippen LogP contribution in [0.1, 0.15) is 27.3 Å². The summed E-state index contributed by atoms with van der Waals surface area (Å²) in [6.45, 7) is 4.86. The quantitative estimate of drug-likeness (QED) is 0.916. The van der Waals surface area contributed by atoms with E-state index >= 15 is 0 Å². The zero-order chi connectivity index (χ0) is 16.4. The van der Waals surface area contributed by atoms with Crippen LogP contribution in [0.4, 0.5) is 0 Å². The Morgan fingerprint density at radius 3 is 2.79 bits per heavy atom. The van der Waals surface area contributed by atoms with Crippen LogP contribution < -0.4 is 5.32 Å². The number of amides is 1. The molecule has 6 heteroatoms. The number of benzene rings is 1. The van der Waals surface area contributed by atoms with Crippen molar-refractivity contribution in [1.29, 1.82) is 0 Å². The lowest BCUT2D eigenvalue weighted by molar-refractivity contribution is 0.0297. The molecule has 24 heavy (non-hydrogen) atoms. The lowest BCUT2D eigenvalue weighted by atomic mass is 10.1.